The van der Waals surface area contributed by atoms with E-state index >= 15 is 0 Å². The lowest BCUT2D eigenvalue weighted by atomic mass is 10.2. The van der Waals surface area contributed by atoms with Crippen molar-refractivity contribution in [3.8, 4) is 0 Å². The second kappa shape index (κ2) is 7.69. The van der Waals surface area contributed by atoms with Gasteiger partial charge >= 0.3 is 0 Å². The van der Waals surface area contributed by atoms with Crippen LogP contribution in [0.25, 0.3) is 10.8 Å². The molecule has 2 amide bonds. The van der Waals surface area contributed by atoms with Crippen molar-refractivity contribution in [3.63, 3.8) is 0 Å². The number of hydrogen-bond donors (Lipinski definition) is 3. The molecular formula is C19H18N4O4. The number of nitrogens with zero attached hydrogens (tertiary/aromatic N) is 1. The van der Waals surface area contributed by atoms with Gasteiger partial charge in [-0.25, -0.2) is 4.68 Å². The Morgan fingerprint density at radius 3 is 2.52 bits per heavy atom. The number of benzene rings is 2. The molecule has 0 aliphatic carbocycles. The summed E-state index contributed by atoms with van der Waals surface area (Å²) in [5.74, 6) is -0.601. The third-order valence-electron chi connectivity index (χ3n) is 4.08. The Morgan fingerprint density at radius 2 is 1.78 bits per heavy atom. The molecule has 0 fully saturated rings. The number of aromatic amines is 1. The Hall–Kier alpha value is -3.68. The van der Waals surface area contributed by atoms with Crippen LogP contribution in [-0.4, -0.2) is 28.6 Å². The van der Waals surface area contributed by atoms with Crippen LogP contribution >= 0.6 is 0 Å². The number of anilines is 1. The van der Waals surface area contributed by atoms with Gasteiger partial charge in [0.15, 0.2) is 0 Å². The molecule has 1 heterocycles. The molecule has 0 aliphatic rings. The first-order valence-electron chi connectivity index (χ1n) is 8.33. The number of nitrogens with one attached hydrogen (secondary N) is 3. The van der Waals surface area contributed by atoms with Gasteiger partial charge in [0.2, 0.25) is 5.91 Å². The van der Waals surface area contributed by atoms with Gasteiger partial charge in [0.1, 0.15) is 0 Å². The first-order chi connectivity index (χ1) is 13.0. The SMILES string of the molecule is CNC(=O)c1cccc(NC(=O)CCn2[nH]c(=O)c3ccccc3c2=O)c1. The van der Waals surface area contributed by atoms with Gasteiger partial charge in [-0.05, 0) is 30.3 Å². The number of carbonyl (C=O) groups excluding carboxylic acids is 2. The third kappa shape index (κ3) is 3.95. The molecule has 0 saturated carbocycles. The maximum atomic E-state index is 12.4. The minimum Gasteiger partial charge on any atom is -0.355 e. The summed E-state index contributed by atoms with van der Waals surface area (Å²) < 4.78 is 1.13. The lowest BCUT2D eigenvalue weighted by Crippen LogP contribution is -2.31. The molecule has 2 aromatic carbocycles. The average molecular weight is 366 g/mol. The normalized spacial score (nSPS) is 10.6. The number of H-pyrrole nitrogens is 1. The molecule has 0 unspecified atom stereocenters. The van der Waals surface area contributed by atoms with Gasteiger partial charge in [0, 0.05) is 24.7 Å². The Labute approximate surface area is 153 Å². The van der Waals surface area contributed by atoms with Crippen LogP contribution in [0.15, 0.2) is 58.1 Å². The second-order valence-electron chi connectivity index (χ2n) is 5.90. The summed E-state index contributed by atoms with van der Waals surface area (Å²) in [5, 5.41) is 8.29. The van der Waals surface area contributed by atoms with Gasteiger partial charge in [-0.15, -0.1) is 0 Å². The summed E-state index contributed by atoms with van der Waals surface area (Å²) in [7, 11) is 1.52. The number of carbonyl (C=O) groups is 2. The smallest absolute Gasteiger partial charge is 0.273 e. The van der Waals surface area contributed by atoms with E-state index in [0.29, 0.717) is 22.0 Å². The summed E-state index contributed by atoms with van der Waals surface area (Å²) in [6.07, 6.45) is -0.0155. The van der Waals surface area contributed by atoms with Crippen molar-refractivity contribution in [2.24, 2.45) is 0 Å². The zero-order chi connectivity index (χ0) is 19.4. The predicted molar refractivity (Wildman–Crippen MR) is 102 cm³/mol. The van der Waals surface area contributed by atoms with Crippen molar-refractivity contribution < 1.29 is 9.59 Å². The highest BCUT2D eigenvalue weighted by atomic mass is 16.2. The third-order valence-corrected chi connectivity index (χ3v) is 4.08. The molecule has 138 valence electrons. The highest BCUT2D eigenvalue weighted by molar-refractivity contribution is 5.97. The monoisotopic (exact) mass is 366 g/mol. The Balaban J connectivity index is 1.72. The van der Waals surface area contributed by atoms with Crippen LogP contribution in [0.3, 0.4) is 0 Å². The molecule has 1 aromatic heterocycles. The summed E-state index contributed by atoms with van der Waals surface area (Å²) in [5.41, 5.74) is 0.148. The van der Waals surface area contributed by atoms with Crippen molar-refractivity contribution in [2.45, 2.75) is 13.0 Å². The minimum absolute atomic E-state index is 0.0155. The molecule has 3 aromatic rings. The standard InChI is InChI=1S/C19H18N4O4/c1-20-17(25)12-5-4-6-13(11-12)21-16(24)9-10-23-19(27)15-8-3-2-7-14(15)18(26)22-23/h2-8,11H,9-10H2,1H3,(H,20,25)(H,21,24)(H,22,26). The fourth-order valence-electron chi connectivity index (χ4n) is 2.72. The Bertz CT molecular complexity index is 1130. The van der Waals surface area contributed by atoms with Crippen LogP contribution in [-0.2, 0) is 11.3 Å². The van der Waals surface area contributed by atoms with Crippen molar-refractivity contribution in [1.29, 1.82) is 0 Å². The molecule has 8 nitrogen and oxygen atoms in total. The van der Waals surface area contributed by atoms with Crippen LogP contribution in [0.1, 0.15) is 16.8 Å². The molecule has 0 radical (unpaired) electrons. The van der Waals surface area contributed by atoms with E-state index in [1.165, 1.54) is 7.05 Å². The zero-order valence-electron chi connectivity index (χ0n) is 14.6. The highest BCUT2D eigenvalue weighted by Crippen LogP contribution is 2.11. The van der Waals surface area contributed by atoms with E-state index in [0.717, 1.165) is 4.68 Å². The molecule has 8 heteroatoms. The van der Waals surface area contributed by atoms with Crippen molar-refractivity contribution in [1.82, 2.24) is 15.1 Å². The lowest BCUT2D eigenvalue weighted by Gasteiger charge is -2.09. The second-order valence-corrected chi connectivity index (χ2v) is 5.90. The van der Waals surface area contributed by atoms with E-state index in [9.17, 15) is 19.2 Å². The average Bonchev–Trinajstić information content (AvgIpc) is 2.69. The predicted octanol–water partition coefficient (Wildman–Crippen LogP) is 1.08. The summed E-state index contributed by atoms with van der Waals surface area (Å²) in [6.45, 7) is 0.0277. The van der Waals surface area contributed by atoms with Gasteiger partial charge in [0.05, 0.1) is 17.3 Å². The van der Waals surface area contributed by atoms with E-state index < -0.39 is 0 Å². The summed E-state index contributed by atoms with van der Waals surface area (Å²) in [6, 6.07) is 13.0. The topological polar surface area (TPSA) is 113 Å². The highest BCUT2D eigenvalue weighted by Gasteiger charge is 2.10. The van der Waals surface area contributed by atoms with E-state index in [1.807, 2.05) is 0 Å². The van der Waals surface area contributed by atoms with E-state index in [1.54, 1.807) is 48.5 Å². The molecule has 27 heavy (non-hydrogen) atoms. The van der Waals surface area contributed by atoms with Gasteiger partial charge in [-0.3, -0.25) is 24.3 Å². The Kier molecular flexibility index (Phi) is 5.16. The lowest BCUT2D eigenvalue weighted by molar-refractivity contribution is -0.116. The molecule has 0 spiro atoms. The first kappa shape index (κ1) is 18.1. The van der Waals surface area contributed by atoms with Crippen LogP contribution in [0.5, 0.6) is 0 Å². The molecule has 3 rings (SSSR count). The number of hydrogen-bond acceptors (Lipinski definition) is 4. The summed E-state index contributed by atoms with van der Waals surface area (Å²) >= 11 is 0. The molecule has 0 aliphatic heterocycles. The van der Waals surface area contributed by atoms with E-state index in [2.05, 4.69) is 15.7 Å². The van der Waals surface area contributed by atoms with Crippen molar-refractivity contribution in [2.75, 3.05) is 12.4 Å². The fraction of sp³-hybridized carbons (Fsp3) is 0.158. The van der Waals surface area contributed by atoms with Crippen LogP contribution in [0, 0.1) is 0 Å². The van der Waals surface area contributed by atoms with Gasteiger partial charge in [-0.1, -0.05) is 18.2 Å². The van der Waals surface area contributed by atoms with Gasteiger partial charge in [0.25, 0.3) is 17.0 Å². The number of aryl methyl sites for hydroxylation is 1. The van der Waals surface area contributed by atoms with E-state index in [4.69, 9.17) is 0 Å². The van der Waals surface area contributed by atoms with Crippen LogP contribution < -0.4 is 21.8 Å². The van der Waals surface area contributed by atoms with E-state index in [-0.39, 0.29) is 35.9 Å². The largest absolute Gasteiger partial charge is 0.355 e. The first-order valence-corrected chi connectivity index (χ1v) is 8.33. The molecule has 0 saturated heterocycles. The Morgan fingerprint density at radius 1 is 1.04 bits per heavy atom. The molecule has 3 N–H and O–H groups in total. The van der Waals surface area contributed by atoms with Gasteiger partial charge < -0.3 is 10.6 Å². The maximum absolute atomic E-state index is 12.4. The minimum atomic E-state index is -0.385. The van der Waals surface area contributed by atoms with Crippen LogP contribution in [0.2, 0.25) is 0 Å². The molecular weight excluding hydrogens is 348 g/mol. The van der Waals surface area contributed by atoms with Crippen molar-refractivity contribution in [3.05, 3.63) is 74.8 Å². The summed E-state index contributed by atoms with van der Waals surface area (Å²) in [4.78, 5) is 48.3. The zero-order valence-corrected chi connectivity index (χ0v) is 14.6. The van der Waals surface area contributed by atoms with Gasteiger partial charge in [-0.2, -0.15) is 0 Å². The molecule has 0 atom stereocenters. The molecule has 0 bridgehead atoms. The fourth-order valence-corrected chi connectivity index (χ4v) is 2.72. The van der Waals surface area contributed by atoms with Crippen LogP contribution in [0.4, 0.5) is 5.69 Å². The number of fused-ring (bicyclic) bond motifs is 1. The van der Waals surface area contributed by atoms with Crippen molar-refractivity contribution >= 4 is 28.3 Å². The number of amides is 2. The number of rotatable bonds is 5. The maximum Gasteiger partial charge on any atom is 0.273 e. The quantitative estimate of drug-likeness (QED) is 0.627. The number of aromatic nitrogens is 2.